The number of nitrogens with one attached hydrogen (secondary N) is 1. The van der Waals surface area contributed by atoms with E-state index in [0.717, 1.165) is 25.9 Å². The molecule has 1 aromatic rings. The molecule has 9 heteroatoms. The van der Waals surface area contributed by atoms with E-state index >= 15 is 0 Å². The standard InChI is InChI=1S/C22H28N6O3/c23-15-24-22(26-9-4-10-26)28-12-8-18(19(14-28)20(29)25-31)21(30)27-11-7-17(13-27)16-5-2-1-3-6-16/h1-3,5-6,17-19,31H,4,7-14H2,(H,25,29)/t17-,18-,19-/m0/s1. The molecule has 0 aliphatic carbocycles. The van der Waals surface area contributed by atoms with Gasteiger partial charge < -0.3 is 14.7 Å². The molecule has 164 valence electrons. The van der Waals surface area contributed by atoms with Crippen LogP contribution < -0.4 is 5.48 Å². The molecule has 1 aromatic carbocycles. The van der Waals surface area contributed by atoms with Crippen LogP contribution in [0.15, 0.2) is 35.3 Å². The Bertz CT molecular complexity index is 879. The SMILES string of the molecule is N#CN=C(N1CCC1)N1CC[C@H](C(=O)N2CC[C@H](c3ccccc3)C2)[C@@H](C(=O)NO)C1. The number of amides is 2. The highest BCUT2D eigenvalue weighted by molar-refractivity contribution is 5.89. The molecule has 9 nitrogen and oxygen atoms in total. The van der Waals surface area contributed by atoms with Crippen LogP contribution in [0, 0.1) is 23.3 Å². The molecule has 2 amide bonds. The summed E-state index contributed by atoms with van der Waals surface area (Å²) >= 11 is 0. The zero-order chi connectivity index (χ0) is 21.8. The van der Waals surface area contributed by atoms with Crippen molar-refractivity contribution in [2.75, 3.05) is 39.3 Å². The van der Waals surface area contributed by atoms with Gasteiger partial charge in [-0.3, -0.25) is 14.8 Å². The lowest BCUT2D eigenvalue weighted by Crippen LogP contribution is -2.58. The van der Waals surface area contributed by atoms with E-state index in [-0.39, 0.29) is 12.5 Å². The van der Waals surface area contributed by atoms with Crippen LogP contribution in [0.4, 0.5) is 0 Å². The van der Waals surface area contributed by atoms with Gasteiger partial charge >= 0.3 is 0 Å². The Hall–Kier alpha value is -3.12. The Kier molecular flexibility index (Phi) is 6.37. The predicted octanol–water partition coefficient (Wildman–Crippen LogP) is 0.989. The normalized spacial score (nSPS) is 26.3. The van der Waals surface area contributed by atoms with Gasteiger partial charge in [0, 0.05) is 45.2 Å². The number of carbonyl (C=O) groups excluding carboxylic acids is 2. The molecule has 0 aromatic heterocycles. The summed E-state index contributed by atoms with van der Waals surface area (Å²) in [4.78, 5) is 35.6. The molecule has 4 rings (SSSR count). The van der Waals surface area contributed by atoms with Crippen LogP contribution in [-0.2, 0) is 9.59 Å². The third-order valence-corrected chi connectivity index (χ3v) is 6.72. The number of nitrogens with zero attached hydrogens (tertiary/aromatic N) is 5. The lowest BCUT2D eigenvalue weighted by atomic mass is 9.83. The van der Waals surface area contributed by atoms with E-state index in [9.17, 15) is 14.8 Å². The zero-order valence-corrected chi connectivity index (χ0v) is 17.5. The largest absolute Gasteiger partial charge is 0.342 e. The van der Waals surface area contributed by atoms with Crippen LogP contribution >= 0.6 is 0 Å². The van der Waals surface area contributed by atoms with Gasteiger partial charge in [-0.2, -0.15) is 5.26 Å². The average molecular weight is 425 g/mol. The van der Waals surface area contributed by atoms with Gasteiger partial charge in [0.05, 0.1) is 11.8 Å². The van der Waals surface area contributed by atoms with E-state index in [4.69, 9.17) is 5.26 Å². The number of aliphatic imine (C=N–C) groups is 1. The molecule has 3 fully saturated rings. The van der Waals surface area contributed by atoms with Gasteiger partial charge in [0.1, 0.15) is 0 Å². The number of rotatable bonds is 3. The highest BCUT2D eigenvalue weighted by atomic mass is 16.5. The Morgan fingerprint density at radius 3 is 2.39 bits per heavy atom. The van der Waals surface area contributed by atoms with Crippen LogP contribution in [0.5, 0.6) is 0 Å². The average Bonchev–Trinajstić information content (AvgIpc) is 3.27. The molecule has 3 aliphatic heterocycles. The summed E-state index contributed by atoms with van der Waals surface area (Å²) in [5, 5.41) is 18.4. The molecule has 0 radical (unpaired) electrons. The lowest BCUT2D eigenvalue weighted by molar-refractivity contribution is -0.147. The van der Waals surface area contributed by atoms with Crippen molar-refractivity contribution in [3.05, 3.63) is 35.9 Å². The quantitative estimate of drug-likeness (QED) is 0.246. The molecule has 0 saturated carbocycles. The first-order valence-electron chi connectivity index (χ1n) is 10.9. The van der Waals surface area contributed by atoms with Crippen LogP contribution in [0.25, 0.3) is 0 Å². The van der Waals surface area contributed by atoms with Crippen molar-refractivity contribution in [3.8, 4) is 6.19 Å². The maximum Gasteiger partial charge on any atom is 0.249 e. The molecule has 3 heterocycles. The second kappa shape index (κ2) is 9.35. The van der Waals surface area contributed by atoms with Crippen molar-refractivity contribution in [3.63, 3.8) is 0 Å². The molecule has 31 heavy (non-hydrogen) atoms. The molecular weight excluding hydrogens is 396 g/mol. The third kappa shape index (κ3) is 4.35. The number of likely N-dealkylation sites (tertiary alicyclic amines) is 3. The van der Waals surface area contributed by atoms with Crippen LogP contribution in [0.1, 0.15) is 30.7 Å². The number of hydrogen-bond donors (Lipinski definition) is 2. The summed E-state index contributed by atoms with van der Waals surface area (Å²) in [5.41, 5.74) is 2.96. The summed E-state index contributed by atoms with van der Waals surface area (Å²) in [7, 11) is 0. The number of carbonyl (C=O) groups is 2. The monoisotopic (exact) mass is 424 g/mol. The van der Waals surface area contributed by atoms with Gasteiger partial charge in [0.25, 0.3) is 0 Å². The summed E-state index contributed by atoms with van der Waals surface area (Å²) in [6.45, 7) is 3.75. The summed E-state index contributed by atoms with van der Waals surface area (Å²) in [6, 6.07) is 10.2. The lowest BCUT2D eigenvalue weighted by Gasteiger charge is -2.44. The maximum atomic E-state index is 13.4. The number of hydrogen-bond acceptors (Lipinski definition) is 5. The van der Waals surface area contributed by atoms with Crippen molar-refractivity contribution in [1.82, 2.24) is 20.2 Å². The Morgan fingerprint density at radius 1 is 1.00 bits per heavy atom. The number of hydroxylamine groups is 1. The summed E-state index contributed by atoms with van der Waals surface area (Å²) < 4.78 is 0. The number of guanidine groups is 1. The molecule has 0 bridgehead atoms. The fourth-order valence-electron chi connectivity index (χ4n) is 4.87. The first-order valence-corrected chi connectivity index (χ1v) is 10.9. The van der Waals surface area contributed by atoms with Gasteiger partial charge in [-0.05, 0) is 24.8 Å². The Balaban J connectivity index is 1.46. The van der Waals surface area contributed by atoms with Crippen molar-refractivity contribution >= 4 is 17.8 Å². The zero-order valence-electron chi connectivity index (χ0n) is 17.5. The van der Waals surface area contributed by atoms with Crippen LogP contribution in [0.2, 0.25) is 0 Å². The summed E-state index contributed by atoms with van der Waals surface area (Å²) in [5.74, 6) is -0.946. The van der Waals surface area contributed by atoms with E-state index in [1.165, 1.54) is 5.56 Å². The smallest absolute Gasteiger partial charge is 0.249 e. The minimum absolute atomic E-state index is 0.0330. The van der Waals surface area contributed by atoms with Crippen molar-refractivity contribution in [1.29, 1.82) is 5.26 Å². The first-order chi connectivity index (χ1) is 15.1. The highest BCUT2D eigenvalue weighted by Gasteiger charge is 2.43. The Morgan fingerprint density at radius 2 is 1.74 bits per heavy atom. The van der Waals surface area contributed by atoms with Gasteiger partial charge in [-0.25, -0.2) is 5.48 Å². The second-order valence-electron chi connectivity index (χ2n) is 8.46. The predicted molar refractivity (Wildman–Crippen MR) is 113 cm³/mol. The first kappa shape index (κ1) is 21.1. The van der Waals surface area contributed by atoms with Crippen molar-refractivity contribution < 1.29 is 14.8 Å². The van der Waals surface area contributed by atoms with E-state index in [0.29, 0.717) is 37.9 Å². The minimum atomic E-state index is -0.702. The van der Waals surface area contributed by atoms with Gasteiger partial charge in [-0.1, -0.05) is 30.3 Å². The molecule has 2 N–H and O–H groups in total. The fraction of sp³-hybridized carbons (Fsp3) is 0.545. The van der Waals surface area contributed by atoms with E-state index in [1.807, 2.05) is 39.1 Å². The van der Waals surface area contributed by atoms with Crippen LogP contribution in [0.3, 0.4) is 0 Å². The van der Waals surface area contributed by atoms with E-state index in [1.54, 1.807) is 5.48 Å². The summed E-state index contributed by atoms with van der Waals surface area (Å²) in [6.07, 6.45) is 4.27. The van der Waals surface area contributed by atoms with Crippen LogP contribution in [-0.4, -0.2) is 76.9 Å². The molecule has 3 aliphatic rings. The molecule has 0 spiro atoms. The van der Waals surface area contributed by atoms with E-state index < -0.39 is 17.7 Å². The molecule has 0 unspecified atom stereocenters. The van der Waals surface area contributed by atoms with Gasteiger partial charge in [0.15, 0.2) is 0 Å². The van der Waals surface area contributed by atoms with Crippen molar-refractivity contribution in [2.45, 2.75) is 25.2 Å². The minimum Gasteiger partial charge on any atom is -0.342 e. The number of benzene rings is 1. The highest BCUT2D eigenvalue weighted by Crippen LogP contribution is 2.32. The molecule has 3 atom stereocenters. The van der Waals surface area contributed by atoms with Gasteiger partial charge in [-0.15, -0.1) is 4.99 Å². The van der Waals surface area contributed by atoms with E-state index in [2.05, 4.69) is 17.1 Å². The molecule has 3 saturated heterocycles. The Labute approximate surface area is 181 Å². The van der Waals surface area contributed by atoms with Crippen molar-refractivity contribution in [2.24, 2.45) is 16.8 Å². The second-order valence-corrected chi connectivity index (χ2v) is 8.46. The topological polar surface area (TPSA) is 112 Å². The maximum absolute atomic E-state index is 13.4. The number of piperidine rings is 1. The van der Waals surface area contributed by atoms with Gasteiger partial charge in [0.2, 0.25) is 24.0 Å². The molecular formula is C22H28N6O3. The number of nitriles is 1. The third-order valence-electron chi connectivity index (χ3n) is 6.72. The fourth-order valence-corrected chi connectivity index (χ4v) is 4.87.